The maximum absolute atomic E-state index is 11.8. The van der Waals surface area contributed by atoms with E-state index in [-0.39, 0.29) is 12.0 Å². The molecule has 0 aromatic rings. The minimum atomic E-state index is -0.456. The van der Waals surface area contributed by atoms with Gasteiger partial charge in [-0.05, 0) is 39.5 Å². The van der Waals surface area contributed by atoms with Crippen molar-refractivity contribution in [1.82, 2.24) is 4.90 Å². The summed E-state index contributed by atoms with van der Waals surface area (Å²) in [5.74, 6) is 0.0933. The summed E-state index contributed by atoms with van der Waals surface area (Å²) in [4.78, 5) is 24.1. The molecule has 0 aromatic heterocycles. The number of hydrogen-bond donors (Lipinski definition) is 1. The van der Waals surface area contributed by atoms with Crippen molar-refractivity contribution in [2.45, 2.75) is 45.6 Å². The van der Waals surface area contributed by atoms with Gasteiger partial charge in [-0.15, -0.1) is 0 Å². The fraction of sp³-hybridized carbons (Fsp3) is 0.833. The monoisotopic (exact) mass is 242 g/mol. The molecule has 2 amide bonds. The number of rotatable bonds is 3. The number of carbonyl (C=O) groups excluding carboxylic acids is 2. The highest BCUT2D eigenvalue weighted by Crippen LogP contribution is 2.22. The van der Waals surface area contributed by atoms with E-state index in [2.05, 4.69) is 0 Å². The van der Waals surface area contributed by atoms with Crippen LogP contribution in [0.2, 0.25) is 0 Å². The van der Waals surface area contributed by atoms with Crippen LogP contribution in [0.3, 0.4) is 0 Å². The van der Waals surface area contributed by atoms with Crippen LogP contribution in [0.4, 0.5) is 4.79 Å². The fourth-order valence-electron chi connectivity index (χ4n) is 1.91. The predicted molar refractivity (Wildman–Crippen MR) is 64.3 cm³/mol. The quantitative estimate of drug-likeness (QED) is 0.815. The van der Waals surface area contributed by atoms with Gasteiger partial charge in [0.2, 0.25) is 5.91 Å². The number of primary amides is 1. The average molecular weight is 242 g/mol. The fourth-order valence-corrected chi connectivity index (χ4v) is 1.91. The van der Waals surface area contributed by atoms with E-state index in [4.69, 9.17) is 10.5 Å². The van der Waals surface area contributed by atoms with E-state index in [0.29, 0.717) is 25.4 Å². The smallest absolute Gasteiger partial charge is 0.410 e. The molecule has 2 N–H and O–H groups in total. The summed E-state index contributed by atoms with van der Waals surface area (Å²) >= 11 is 0. The maximum atomic E-state index is 11.8. The van der Waals surface area contributed by atoms with Gasteiger partial charge in [0.05, 0.1) is 0 Å². The number of nitrogens with zero attached hydrogens (tertiary/aromatic N) is 1. The van der Waals surface area contributed by atoms with Crippen molar-refractivity contribution in [3.63, 3.8) is 0 Å². The third-order valence-corrected chi connectivity index (χ3v) is 2.74. The van der Waals surface area contributed by atoms with E-state index in [1.807, 2.05) is 20.8 Å². The summed E-state index contributed by atoms with van der Waals surface area (Å²) in [6.45, 7) is 6.93. The Bertz CT molecular complexity index is 297. The number of nitrogens with two attached hydrogens (primary N) is 1. The second kappa shape index (κ2) is 5.38. The number of carbonyl (C=O) groups is 2. The molecule has 0 spiro atoms. The summed E-state index contributed by atoms with van der Waals surface area (Å²) in [7, 11) is 0. The normalized spacial score (nSPS) is 20.4. The van der Waals surface area contributed by atoms with Gasteiger partial charge >= 0.3 is 6.09 Å². The van der Waals surface area contributed by atoms with Crippen molar-refractivity contribution in [2.75, 3.05) is 13.1 Å². The van der Waals surface area contributed by atoms with E-state index in [1.165, 1.54) is 0 Å². The molecule has 0 radical (unpaired) electrons. The highest BCUT2D eigenvalue weighted by Gasteiger charge is 2.29. The van der Waals surface area contributed by atoms with Gasteiger partial charge < -0.3 is 15.4 Å². The van der Waals surface area contributed by atoms with Gasteiger partial charge in [0.15, 0.2) is 0 Å². The number of amides is 2. The lowest BCUT2D eigenvalue weighted by molar-refractivity contribution is -0.118. The molecule has 0 aliphatic carbocycles. The van der Waals surface area contributed by atoms with Crippen LogP contribution in [0.15, 0.2) is 0 Å². The van der Waals surface area contributed by atoms with Gasteiger partial charge in [-0.1, -0.05) is 0 Å². The van der Waals surface area contributed by atoms with Crippen LogP contribution in [-0.2, 0) is 9.53 Å². The lowest BCUT2D eigenvalue weighted by Crippen LogP contribution is -2.35. The largest absolute Gasteiger partial charge is 0.444 e. The van der Waals surface area contributed by atoms with Crippen LogP contribution >= 0.6 is 0 Å². The number of ether oxygens (including phenoxy) is 1. The molecule has 5 nitrogen and oxygen atoms in total. The minimum absolute atomic E-state index is 0.265. The lowest BCUT2D eigenvalue weighted by atomic mass is 10.0. The van der Waals surface area contributed by atoms with Crippen LogP contribution < -0.4 is 5.73 Å². The first-order valence-electron chi connectivity index (χ1n) is 6.04. The summed E-state index contributed by atoms with van der Waals surface area (Å²) in [6.07, 6.45) is 1.81. The molecular weight excluding hydrogens is 220 g/mol. The first kappa shape index (κ1) is 13.8. The standard InChI is InChI=1S/C12H22N2O3/c1-12(2,3)17-11(16)14-7-6-9(8-14)4-5-10(13)15/h9H,4-8H2,1-3H3,(H2,13,15). The molecule has 1 aliphatic rings. The number of likely N-dealkylation sites (tertiary alicyclic amines) is 1. The van der Waals surface area contributed by atoms with Crippen LogP contribution in [0.1, 0.15) is 40.0 Å². The summed E-state index contributed by atoms with van der Waals surface area (Å²) in [5, 5.41) is 0. The van der Waals surface area contributed by atoms with Crippen LogP contribution in [0.5, 0.6) is 0 Å². The van der Waals surface area contributed by atoms with Gasteiger partial charge in [0, 0.05) is 19.5 Å². The molecule has 98 valence electrons. The first-order chi connectivity index (χ1) is 7.78. The topological polar surface area (TPSA) is 72.6 Å². The summed E-state index contributed by atoms with van der Waals surface area (Å²) in [5.41, 5.74) is 4.65. The molecule has 1 saturated heterocycles. The molecule has 5 heteroatoms. The zero-order valence-electron chi connectivity index (χ0n) is 10.9. The molecular formula is C12H22N2O3. The Morgan fingerprint density at radius 2 is 2.06 bits per heavy atom. The van der Waals surface area contributed by atoms with E-state index in [0.717, 1.165) is 12.8 Å². The van der Waals surface area contributed by atoms with E-state index >= 15 is 0 Å². The van der Waals surface area contributed by atoms with Crippen molar-refractivity contribution in [2.24, 2.45) is 11.7 Å². The highest BCUT2D eigenvalue weighted by molar-refractivity contribution is 5.73. The van der Waals surface area contributed by atoms with E-state index in [9.17, 15) is 9.59 Å². The van der Waals surface area contributed by atoms with Crippen LogP contribution in [0.25, 0.3) is 0 Å². The number of hydrogen-bond acceptors (Lipinski definition) is 3. The molecule has 1 unspecified atom stereocenters. The Kier molecular flexibility index (Phi) is 4.37. The molecule has 1 fully saturated rings. The second-order valence-electron chi connectivity index (χ2n) is 5.59. The molecule has 0 saturated carbocycles. The van der Waals surface area contributed by atoms with Gasteiger partial charge in [-0.25, -0.2) is 4.79 Å². The van der Waals surface area contributed by atoms with Crippen molar-refractivity contribution >= 4 is 12.0 Å². The Morgan fingerprint density at radius 1 is 1.41 bits per heavy atom. The second-order valence-corrected chi connectivity index (χ2v) is 5.59. The molecule has 17 heavy (non-hydrogen) atoms. The minimum Gasteiger partial charge on any atom is -0.444 e. The Hall–Kier alpha value is -1.26. The van der Waals surface area contributed by atoms with Crippen LogP contribution in [0, 0.1) is 5.92 Å². The SMILES string of the molecule is CC(C)(C)OC(=O)N1CCC(CCC(N)=O)C1. The molecule has 0 bridgehead atoms. The van der Waals surface area contributed by atoms with Gasteiger partial charge in [0.1, 0.15) is 5.60 Å². The van der Waals surface area contributed by atoms with Gasteiger partial charge in [-0.3, -0.25) is 4.79 Å². The van der Waals surface area contributed by atoms with E-state index in [1.54, 1.807) is 4.90 Å². The highest BCUT2D eigenvalue weighted by atomic mass is 16.6. The summed E-state index contributed by atoms with van der Waals surface area (Å²) in [6, 6.07) is 0. The predicted octanol–water partition coefficient (Wildman–Crippen LogP) is 1.51. The van der Waals surface area contributed by atoms with Gasteiger partial charge in [0.25, 0.3) is 0 Å². The van der Waals surface area contributed by atoms with Crippen molar-refractivity contribution in [3.8, 4) is 0 Å². The van der Waals surface area contributed by atoms with E-state index < -0.39 is 5.60 Å². The summed E-state index contributed by atoms with van der Waals surface area (Å²) < 4.78 is 5.29. The third-order valence-electron chi connectivity index (χ3n) is 2.74. The zero-order chi connectivity index (χ0) is 13.1. The molecule has 1 heterocycles. The first-order valence-corrected chi connectivity index (χ1v) is 6.04. The molecule has 1 atom stereocenters. The van der Waals surface area contributed by atoms with Crippen molar-refractivity contribution < 1.29 is 14.3 Å². The Morgan fingerprint density at radius 3 is 2.59 bits per heavy atom. The molecule has 1 rings (SSSR count). The van der Waals surface area contributed by atoms with Crippen molar-refractivity contribution in [3.05, 3.63) is 0 Å². The molecule has 1 aliphatic heterocycles. The Balaban J connectivity index is 2.34. The van der Waals surface area contributed by atoms with Crippen LogP contribution in [-0.4, -0.2) is 35.6 Å². The molecule has 0 aromatic carbocycles. The van der Waals surface area contributed by atoms with Gasteiger partial charge in [-0.2, -0.15) is 0 Å². The third kappa shape index (κ3) is 5.06. The Labute approximate surface area is 102 Å². The lowest BCUT2D eigenvalue weighted by Gasteiger charge is -2.24. The average Bonchev–Trinajstić information content (AvgIpc) is 2.60. The zero-order valence-corrected chi connectivity index (χ0v) is 10.9. The maximum Gasteiger partial charge on any atom is 0.410 e. The van der Waals surface area contributed by atoms with Crippen molar-refractivity contribution in [1.29, 1.82) is 0 Å².